The molecule has 12 heteroatoms. The van der Waals surface area contributed by atoms with E-state index in [1.807, 2.05) is 24.4 Å². The lowest BCUT2D eigenvalue weighted by Crippen LogP contribution is -2.59. The van der Waals surface area contributed by atoms with Crippen LogP contribution in [-0.2, 0) is 38.4 Å². The molecule has 0 spiro atoms. The number of hydrazine groups is 1. The van der Waals surface area contributed by atoms with E-state index in [1.54, 1.807) is 13.3 Å². The molecule has 1 amide bonds. The third-order valence-corrected chi connectivity index (χ3v) is 9.55. The maximum absolute atomic E-state index is 13.3. The summed E-state index contributed by atoms with van der Waals surface area (Å²) >= 11 is 1.47. The highest BCUT2D eigenvalue weighted by Crippen LogP contribution is 2.40. The van der Waals surface area contributed by atoms with Crippen LogP contribution >= 0.6 is 11.3 Å². The lowest BCUT2D eigenvalue weighted by molar-refractivity contribution is -0.154. The Bertz CT molecular complexity index is 1730. The van der Waals surface area contributed by atoms with Gasteiger partial charge in [-0.25, -0.2) is 15.4 Å². The molecule has 2 aliphatic rings. The number of pyridine rings is 2. The molecular weight excluding hydrogens is 590 g/mol. The summed E-state index contributed by atoms with van der Waals surface area (Å²) in [5.41, 5.74) is 16.3. The number of nitrogens with two attached hydrogens (primary N) is 1. The molecule has 0 aliphatic carbocycles. The summed E-state index contributed by atoms with van der Waals surface area (Å²) in [6.45, 7) is 9.71. The van der Waals surface area contributed by atoms with E-state index in [0.717, 1.165) is 49.9 Å². The highest BCUT2D eigenvalue weighted by atomic mass is 32.1. The first kappa shape index (κ1) is 31.3. The Hall–Kier alpha value is -3.71. The van der Waals surface area contributed by atoms with Crippen LogP contribution in [0.5, 0.6) is 0 Å². The van der Waals surface area contributed by atoms with E-state index in [-0.39, 0.29) is 31.0 Å². The van der Waals surface area contributed by atoms with Crippen LogP contribution in [0.2, 0.25) is 0 Å². The summed E-state index contributed by atoms with van der Waals surface area (Å²) in [5.74, 6) is -0.638. The zero-order valence-electron chi connectivity index (χ0n) is 26.5. The van der Waals surface area contributed by atoms with Gasteiger partial charge in [-0.2, -0.15) is 0 Å². The average Bonchev–Trinajstić information content (AvgIpc) is 3.64. The molecule has 6 bridgehead atoms. The number of methoxy groups -OCH3 is 1. The zero-order chi connectivity index (χ0) is 31.9. The van der Waals surface area contributed by atoms with Crippen molar-refractivity contribution in [3.05, 3.63) is 52.1 Å². The molecule has 6 rings (SSSR count). The van der Waals surface area contributed by atoms with E-state index < -0.39 is 17.5 Å². The van der Waals surface area contributed by atoms with Crippen molar-refractivity contribution in [2.24, 2.45) is 11.1 Å². The normalized spacial score (nSPS) is 21.4. The van der Waals surface area contributed by atoms with Crippen molar-refractivity contribution in [2.45, 2.75) is 78.1 Å². The van der Waals surface area contributed by atoms with Gasteiger partial charge in [-0.05, 0) is 57.4 Å². The summed E-state index contributed by atoms with van der Waals surface area (Å²) < 4.78 is 14.0. The number of nitrogens with one attached hydrogen (secondary N) is 1. The van der Waals surface area contributed by atoms with Gasteiger partial charge in [-0.3, -0.25) is 19.6 Å². The Morgan fingerprint density at radius 2 is 2.04 bits per heavy atom. The summed E-state index contributed by atoms with van der Waals surface area (Å²) in [5, 5.41) is 4.19. The second kappa shape index (κ2) is 12.6. The minimum atomic E-state index is -0.796. The van der Waals surface area contributed by atoms with Crippen molar-refractivity contribution in [1.82, 2.24) is 30.0 Å². The number of amides is 1. The predicted octanol–water partition coefficient (Wildman–Crippen LogP) is 4.44. The van der Waals surface area contributed by atoms with E-state index in [4.69, 9.17) is 30.2 Å². The van der Waals surface area contributed by atoms with Crippen molar-refractivity contribution in [3.63, 3.8) is 0 Å². The molecule has 2 aliphatic heterocycles. The van der Waals surface area contributed by atoms with E-state index in [2.05, 4.69) is 42.9 Å². The van der Waals surface area contributed by atoms with Crippen LogP contribution < -0.4 is 11.2 Å². The monoisotopic (exact) mass is 631 g/mol. The van der Waals surface area contributed by atoms with Gasteiger partial charge >= 0.3 is 5.97 Å². The molecular formula is C33H41N7O4S. The fourth-order valence-electron chi connectivity index (χ4n) is 6.30. The highest BCUT2D eigenvalue weighted by molar-refractivity contribution is 7.10. The zero-order valence-corrected chi connectivity index (χ0v) is 27.3. The highest BCUT2D eigenvalue weighted by Gasteiger charge is 2.34. The number of thiazole rings is 1. The minimum absolute atomic E-state index is 0.194. The average molecular weight is 632 g/mol. The Balaban J connectivity index is 1.53. The fraction of sp³-hybridized carbons (Fsp3) is 0.485. The molecule has 1 fully saturated rings. The predicted molar refractivity (Wildman–Crippen MR) is 173 cm³/mol. The number of carbonyl (C=O) groups excluding carboxylic acids is 2. The largest absolute Gasteiger partial charge is 0.464 e. The quantitative estimate of drug-likeness (QED) is 0.313. The van der Waals surface area contributed by atoms with Gasteiger partial charge in [-0.15, -0.1) is 11.3 Å². The molecule has 1 saturated heterocycles. The molecule has 4 aromatic rings. The van der Waals surface area contributed by atoms with Crippen LogP contribution in [0.25, 0.3) is 33.7 Å². The van der Waals surface area contributed by atoms with Crippen molar-refractivity contribution in [1.29, 1.82) is 0 Å². The number of cyclic esters (lactones) is 1. The minimum Gasteiger partial charge on any atom is -0.464 e. The van der Waals surface area contributed by atoms with E-state index in [9.17, 15) is 9.59 Å². The third-order valence-electron chi connectivity index (χ3n) is 8.68. The van der Waals surface area contributed by atoms with Gasteiger partial charge in [0.25, 0.3) is 5.91 Å². The lowest BCUT2D eigenvalue weighted by Gasteiger charge is -2.34. The first-order chi connectivity index (χ1) is 21.6. The Morgan fingerprint density at radius 3 is 2.82 bits per heavy atom. The first-order valence-electron chi connectivity index (χ1n) is 15.5. The van der Waals surface area contributed by atoms with Gasteiger partial charge in [0.2, 0.25) is 0 Å². The van der Waals surface area contributed by atoms with Crippen LogP contribution in [0.3, 0.4) is 0 Å². The summed E-state index contributed by atoms with van der Waals surface area (Å²) in [6, 6.07) is 6.72. The number of ether oxygens (including phenoxy) is 2. The molecule has 3 N–H and O–H groups in total. The van der Waals surface area contributed by atoms with Gasteiger partial charge < -0.3 is 19.8 Å². The number of carbonyl (C=O) groups is 2. The second-order valence-corrected chi connectivity index (χ2v) is 13.6. The molecule has 4 aromatic heterocycles. The number of aryl methyl sites for hydroxylation is 1. The molecule has 6 heterocycles. The maximum Gasteiger partial charge on any atom is 0.324 e. The second-order valence-electron chi connectivity index (χ2n) is 12.6. The van der Waals surface area contributed by atoms with Crippen LogP contribution in [0.4, 0.5) is 0 Å². The number of aromatic nitrogens is 4. The maximum atomic E-state index is 13.3. The number of nitrogens with zero attached hydrogens (tertiary/aromatic N) is 5. The molecule has 238 valence electrons. The van der Waals surface area contributed by atoms with Crippen LogP contribution in [0.15, 0.2) is 35.8 Å². The molecule has 11 nitrogen and oxygen atoms in total. The number of rotatable bonds is 4. The van der Waals surface area contributed by atoms with Crippen LogP contribution in [-0.4, -0.2) is 68.7 Å². The molecule has 0 saturated carbocycles. The Kier molecular flexibility index (Phi) is 8.75. The molecule has 0 radical (unpaired) electrons. The van der Waals surface area contributed by atoms with Gasteiger partial charge in [0.1, 0.15) is 6.04 Å². The van der Waals surface area contributed by atoms with E-state index >= 15 is 0 Å². The van der Waals surface area contributed by atoms with Crippen molar-refractivity contribution in [3.8, 4) is 22.6 Å². The number of esters is 1. The lowest BCUT2D eigenvalue weighted by atomic mass is 9.85. The molecule has 3 atom stereocenters. The standard InChI is InChI=1S/C33H41N7O4S/c1-6-39-26-12-11-23-25-17-45-27(36-25)15-22(34)31(41)40-14-8-10-24(38-40)32(42)44-18-33(3,4)16-21(29(26)37-23)30(39)20-9-7-13-35-28(20)19(2)43-5/h7,9,11-13,17,19,22,24,38H,6,8,10,14-16,18,34H2,1-5H3/t19-,22-,24-/m0/s1. The molecule has 45 heavy (non-hydrogen) atoms. The Morgan fingerprint density at radius 1 is 1.22 bits per heavy atom. The van der Waals surface area contributed by atoms with Gasteiger partial charge in [0, 0.05) is 54.7 Å². The topological polar surface area (TPSA) is 137 Å². The fourth-order valence-corrected chi connectivity index (χ4v) is 7.14. The smallest absolute Gasteiger partial charge is 0.324 e. The molecule has 0 aromatic carbocycles. The van der Waals surface area contributed by atoms with Crippen molar-refractivity contribution in [2.75, 3.05) is 20.3 Å². The van der Waals surface area contributed by atoms with Gasteiger partial charge in [-0.1, -0.05) is 13.8 Å². The number of hydrogen-bond acceptors (Lipinski definition) is 10. The van der Waals surface area contributed by atoms with E-state index in [1.165, 1.54) is 16.3 Å². The first-order valence-corrected chi connectivity index (χ1v) is 16.4. The van der Waals surface area contributed by atoms with Gasteiger partial charge in [0.05, 0.1) is 57.6 Å². The Labute approximate surface area is 267 Å². The van der Waals surface area contributed by atoms with Gasteiger partial charge in [0.15, 0.2) is 0 Å². The summed E-state index contributed by atoms with van der Waals surface area (Å²) in [7, 11) is 1.69. The van der Waals surface area contributed by atoms with Crippen molar-refractivity contribution < 1.29 is 19.1 Å². The van der Waals surface area contributed by atoms with E-state index in [0.29, 0.717) is 32.4 Å². The van der Waals surface area contributed by atoms with Crippen LogP contribution in [0.1, 0.15) is 62.9 Å². The summed E-state index contributed by atoms with van der Waals surface area (Å²) in [6.07, 6.45) is 3.71. The third kappa shape index (κ3) is 6.11. The molecule has 0 unspecified atom stereocenters. The van der Waals surface area contributed by atoms with Crippen LogP contribution in [0, 0.1) is 5.41 Å². The summed E-state index contributed by atoms with van der Waals surface area (Å²) in [4.78, 5) is 41.3. The SMILES string of the molecule is CCn1c(-c2cccnc2[C@H](C)OC)c2c3nc(ccc31)-c1csc(n1)C[C@H](N)C(=O)N1CCC[C@H](N1)C(=O)OCC(C)(C)C2. The van der Waals surface area contributed by atoms with Crippen molar-refractivity contribution >= 4 is 34.2 Å². The number of fused-ring (bicyclic) bond motifs is 6. The number of hydrogen-bond donors (Lipinski definition) is 2.